The quantitative estimate of drug-likeness (QED) is 0.752. The van der Waals surface area contributed by atoms with Gasteiger partial charge in [-0.05, 0) is 37.8 Å². The minimum atomic E-state index is -0.0597. The molecule has 0 unspecified atom stereocenters. The third-order valence-corrected chi connectivity index (χ3v) is 4.45. The Labute approximate surface area is 148 Å². The van der Waals surface area contributed by atoms with Crippen LogP contribution in [0.25, 0.3) is 11.4 Å². The van der Waals surface area contributed by atoms with E-state index in [1.54, 1.807) is 6.20 Å². The van der Waals surface area contributed by atoms with E-state index in [4.69, 9.17) is 4.52 Å². The molecule has 0 saturated heterocycles. The van der Waals surface area contributed by atoms with E-state index in [1.165, 1.54) is 12.8 Å². The topological polar surface area (TPSA) is 80.9 Å². The fourth-order valence-electron chi connectivity index (χ4n) is 3.04. The lowest BCUT2D eigenvalue weighted by molar-refractivity contribution is -0.121. The zero-order chi connectivity index (χ0) is 17.6. The van der Waals surface area contributed by atoms with Crippen LogP contribution in [0.3, 0.4) is 0 Å². The Kier molecular flexibility index (Phi) is 5.79. The average Bonchev–Trinajstić information content (AvgIpc) is 3.35. The Hall–Kier alpha value is -2.24. The lowest BCUT2D eigenvalue weighted by atomic mass is 10.1. The van der Waals surface area contributed by atoms with Crippen molar-refractivity contribution in [3.8, 4) is 11.4 Å². The van der Waals surface area contributed by atoms with E-state index < -0.39 is 0 Å². The molecule has 6 nitrogen and oxygen atoms in total. The first-order valence-corrected chi connectivity index (χ1v) is 9.27. The predicted molar refractivity (Wildman–Crippen MR) is 95.0 cm³/mol. The minimum absolute atomic E-state index is 0.0597. The second-order valence-corrected chi connectivity index (χ2v) is 6.77. The van der Waals surface area contributed by atoms with Gasteiger partial charge in [0.25, 0.3) is 0 Å². The molecule has 1 fully saturated rings. The van der Waals surface area contributed by atoms with Crippen LogP contribution in [0.5, 0.6) is 0 Å². The summed E-state index contributed by atoms with van der Waals surface area (Å²) in [6.07, 6.45) is 8.41. The van der Waals surface area contributed by atoms with Crippen LogP contribution in [0.15, 0.2) is 22.9 Å². The van der Waals surface area contributed by atoms with Gasteiger partial charge in [-0.3, -0.25) is 9.78 Å². The Balaban J connectivity index is 1.61. The first kappa shape index (κ1) is 17.6. The van der Waals surface area contributed by atoms with E-state index in [-0.39, 0.29) is 18.4 Å². The summed E-state index contributed by atoms with van der Waals surface area (Å²) in [6, 6.07) is 4.12. The van der Waals surface area contributed by atoms with Crippen LogP contribution < -0.4 is 5.32 Å². The van der Waals surface area contributed by atoms with Gasteiger partial charge in [-0.1, -0.05) is 31.8 Å². The van der Waals surface area contributed by atoms with Gasteiger partial charge in [0.15, 0.2) is 0 Å². The standard InChI is InChI=1S/C19H26N4O2/c1-3-5-15(6-4-2)21-17(24)12-18-22-19(23-25-18)14-9-10-20-16(11-14)13-7-8-13/h9-11,13,15H,3-8,12H2,1-2H3,(H,21,24). The van der Waals surface area contributed by atoms with Gasteiger partial charge >= 0.3 is 0 Å². The van der Waals surface area contributed by atoms with Crippen molar-refractivity contribution >= 4 is 5.91 Å². The van der Waals surface area contributed by atoms with Gasteiger partial charge in [-0.25, -0.2) is 0 Å². The minimum Gasteiger partial charge on any atom is -0.353 e. The third kappa shape index (κ3) is 4.87. The summed E-state index contributed by atoms with van der Waals surface area (Å²) in [5, 5.41) is 7.09. The maximum atomic E-state index is 12.2. The average molecular weight is 342 g/mol. The molecule has 0 atom stereocenters. The van der Waals surface area contributed by atoms with Crippen molar-refractivity contribution in [1.29, 1.82) is 0 Å². The molecule has 2 aromatic heterocycles. The molecule has 0 bridgehead atoms. The molecule has 0 aromatic carbocycles. The Morgan fingerprint density at radius 2 is 2.08 bits per heavy atom. The number of nitrogens with zero attached hydrogens (tertiary/aromatic N) is 3. The lowest BCUT2D eigenvalue weighted by Gasteiger charge is -2.16. The fraction of sp³-hybridized carbons (Fsp3) is 0.579. The Morgan fingerprint density at radius 1 is 1.32 bits per heavy atom. The predicted octanol–water partition coefficient (Wildman–Crippen LogP) is 3.64. The number of amides is 1. The number of aromatic nitrogens is 3. The van der Waals surface area contributed by atoms with Crippen LogP contribution in [0.1, 0.15) is 69.9 Å². The van der Waals surface area contributed by atoms with Gasteiger partial charge in [0.2, 0.25) is 17.6 Å². The second kappa shape index (κ2) is 8.23. The van der Waals surface area contributed by atoms with E-state index in [0.717, 1.165) is 36.9 Å². The maximum absolute atomic E-state index is 12.2. The molecule has 1 N–H and O–H groups in total. The highest BCUT2D eigenvalue weighted by molar-refractivity contribution is 5.78. The monoisotopic (exact) mass is 342 g/mol. The van der Waals surface area contributed by atoms with E-state index >= 15 is 0 Å². The second-order valence-electron chi connectivity index (χ2n) is 6.77. The van der Waals surface area contributed by atoms with E-state index in [0.29, 0.717) is 17.6 Å². The third-order valence-electron chi connectivity index (χ3n) is 4.45. The number of pyridine rings is 1. The number of hydrogen-bond acceptors (Lipinski definition) is 5. The van der Waals surface area contributed by atoms with Crippen molar-refractivity contribution < 1.29 is 9.32 Å². The summed E-state index contributed by atoms with van der Waals surface area (Å²) in [5.74, 6) is 1.39. The van der Waals surface area contributed by atoms with E-state index in [9.17, 15) is 4.79 Å². The molecule has 6 heteroatoms. The fourth-order valence-corrected chi connectivity index (χ4v) is 3.04. The molecule has 0 radical (unpaired) electrons. The van der Waals surface area contributed by atoms with Crippen molar-refractivity contribution in [2.45, 2.75) is 70.8 Å². The van der Waals surface area contributed by atoms with Crippen molar-refractivity contribution in [3.05, 3.63) is 29.9 Å². The molecule has 1 amide bonds. The highest BCUT2D eigenvalue weighted by Gasteiger charge is 2.25. The number of nitrogens with one attached hydrogen (secondary N) is 1. The highest BCUT2D eigenvalue weighted by atomic mass is 16.5. The maximum Gasteiger partial charge on any atom is 0.236 e. The van der Waals surface area contributed by atoms with Crippen LogP contribution >= 0.6 is 0 Å². The SMILES string of the molecule is CCCC(CCC)NC(=O)Cc1nc(-c2ccnc(C3CC3)c2)no1. The summed E-state index contributed by atoms with van der Waals surface area (Å²) in [5.41, 5.74) is 1.98. The summed E-state index contributed by atoms with van der Waals surface area (Å²) in [7, 11) is 0. The molecular weight excluding hydrogens is 316 g/mol. The summed E-state index contributed by atoms with van der Waals surface area (Å²) in [4.78, 5) is 21.0. The number of carbonyl (C=O) groups is 1. The molecular formula is C19H26N4O2. The van der Waals surface area contributed by atoms with Crippen LogP contribution in [0, 0.1) is 0 Å². The molecule has 3 rings (SSSR count). The molecule has 0 aliphatic heterocycles. The molecule has 25 heavy (non-hydrogen) atoms. The lowest BCUT2D eigenvalue weighted by Crippen LogP contribution is -2.35. The smallest absolute Gasteiger partial charge is 0.236 e. The van der Waals surface area contributed by atoms with Crippen LogP contribution in [0.2, 0.25) is 0 Å². The van der Waals surface area contributed by atoms with Crippen molar-refractivity contribution in [2.24, 2.45) is 0 Å². The first-order valence-electron chi connectivity index (χ1n) is 9.27. The normalized spacial score (nSPS) is 14.0. The van der Waals surface area contributed by atoms with Crippen LogP contribution in [0.4, 0.5) is 0 Å². The highest BCUT2D eigenvalue weighted by Crippen LogP contribution is 2.39. The van der Waals surface area contributed by atoms with Crippen molar-refractivity contribution in [1.82, 2.24) is 20.4 Å². The van der Waals surface area contributed by atoms with Gasteiger partial charge in [0.1, 0.15) is 6.42 Å². The largest absolute Gasteiger partial charge is 0.353 e. The van der Waals surface area contributed by atoms with Crippen molar-refractivity contribution in [3.63, 3.8) is 0 Å². The van der Waals surface area contributed by atoms with Crippen molar-refractivity contribution in [2.75, 3.05) is 0 Å². The molecule has 1 aliphatic rings. The molecule has 2 aromatic rings. The summed E-state index contributed by atoms with van der Waals surface area (Å²) < 4.78 is 5.26. The number of carbonyl (C=O) groups excluding carboxylic acids is 1. The Bertz CT molecular complexity index is 703. The Morgan fingerprint density at radius 3 is 2.76 bits per heavy atom. The van der Waals surface area contributed by atoms with Gasteiger partial charge in [0, 0.05) is 29.4 Å². The molecule has 2 heterocycles. The zero-order valence-electron chi connectivity index (χ0n) is 15.0. The molecule has 1 saturated carbocycles. The van der Waals surface area contributed by atoms with Crippen LogP contribution in [-0.4, -0.2) is 27.1 Å². The van der Waals surface area contributed by atoms with Gasteiger partial charge in [-0.2, -0.15) is 4.98 Å². The number of rotatable bonds is 9. The summed E-state index contributed by atoms with van der Waals surface area (Å²) in [6.45, 7) is 4.26. The molecule has 1 aliphatic carbocycles. The molecule has 134 valence electrons. The van der Waals surface area contributed by atoms with Crippen LogP contribution in [-0.2, 0) is 11.2 Å². The van der Waals surface area contributed by atoms with Gasteiger partial charge < -0.3 is 9.84 Å². The molecule has 0 spiro atoms. The summed E-state index contributed by atoms with van der Waals surface area (Å²) >= 11 is 0. The van der Waals surface area contributed by atoms with E-state index in [1.807, 2.05) is 12.1 Å². The first-order chi connectivity index (χ1) is 12.2. The zero-order valence-corrected chi connectivity index (χ0v) is 15.0. The van der Waals surface area contributed by atoms with Gasteiger partial charge in [0.05, 0.1) is 0 Å². The van der Waals surface area contributed by atoms with Gasteiger partial charge in [-0.15, -0.1) is 0 Å². The number of hydrogen-bond donors (Lipinski definition) is 1. The van der Waals surface area contributed by atoms with E-state index in [2.05, 4.69) is 34.3 Å².